The Morgan fingerprint density at radius 1 is 1.17 bits per heavy atom. The minimum atomic E-state index is -4.45. The molecule has 1 heterocycles. The second-order valence-electron chi connectivity index (χ2n) is 7.09. The molecule has 3 aromatic rings. The van der Waals surface area contributed by atoms with Crippen molar-refractivity contribution in [2.45, 2.75) is 26.6 Å². The number of hydrogen-bond donors (Lipinski definition) is 0. The Balaban J connectivity index is 1.98. The van der Waals surface area contributed by atoms with E-state index in [1.165, 1.54) is 13.2 Å². The summed E-state index contributed by atoms with van der Waals surface area (Å²) in [6.07, 6.45) is -2.89. The lowest BCUT2D eigenvalue weighted by Gasteiger charge is -2.16. The highest BCUT2D eigenvalue weighted by molar-refractivity contribution is 5.94. The van der Waals surface area contributed by atoms with Gasteiger partial charge in [0.1, 0.15) is 5.75 Å². The van der Waals surface area contributed by atoms with Crippen LogP contribution in [0, 0.1) is 5.92 Å². The summed E-state index contributed by atoms with van der Waals surface area (Å²) in [7, 11) is 1.29. The van der Waals surface area contributed by atoms with Crippen molar-refractivity contribution in [3.8, 4) is 5.75 Å². The van der Waals surface area contributed by atoms with Gasteiger partial charge in [-0.1, -0.05) is 13.8 Å². The van der Waals surface area contributed by atoms with E-state index in [-0.39, 0.29) is 12.5 Å². The minimum Gasteiger partial charge on any atom is -0.493 e. The summed E-state index contributed by atoms with van der Waals surface area (Å²) < 4.78 is 51.6. The van der Waals surface area contributed by atoms with Crippen LogP contribution >= 0.6 is 0 Å². The number of nitrogens with zero attached hydrogens (tertiary/aromatic N) is 2. The molecule has 154 valence electrons. The average Bonchev–Trinajstić information content (AvgIpc) is 3.07. The standard InChI is InChI=1S/C21H21F3N2O3/c1-13(2)12-29-19-7-5-17(21(22,23)24)9-16(19)11-26-18-6-4-14(20(27)28-3)8-15(18)10-25-26/h4-10,13H,11-12H2,1-3H3. The van der Waals surface area contributed by atoms with Crippen LogP contribution in [0.4, 0.5) is 13.2 Å². The highest BCUT2D eigenvalue weighted by Gasteiger charge is 2.31. The Bertz CT molecular complexity index is 1030. The molecule has 3 rings (SSSR count). The summed E-state index contributed by atoms with van der Waals surface area (Å²) >= 11 is 0. The van der Waals surface area contributed by atoms with Crippen molar-refractivity contribution in [2.75, 3.05) is 13.7 Å². The van der Waals surface area contributed by atoms with Crippen LogP contribution in [-0.4, -0.2) is 29.5 Å². The number of methoxy groups -OCH3 is 1. The fourth-order valence-corrected chi connectivity index (χ4v) is 2.90. The molecule has 0 unspecified atom stereocenters. The van der Waals surface area contributed by atoms with E-state index >= 15 is 0 Å². The molecule has 0 aliphatic rings. The molecule has 0 bridgehead atoms. The number of alkyl halides is 3. The van der Waals surface area contributed by atoms with Crippen LogP contribution in [0.3, 0.4) is 0 Å². The van der Waals surface area contributed by atoms with E-state index in [9.17, 15) is 18.0 Å². The lowest BCUT2D eigenvalue weighted by Crippen LogP contribution is -2.11. The zero-order valence-corrected chi connectivity index (χ0v) is 16.3. The maximum absolute atomic E-state index is 13.2. The van der Waals surface area contributed by atoms with Crippen LogP contribution in [0.15, 0.2) is 42.6 Å². The molecular formula is C21H21F3N2O3. The van der Waals surface area contributed by atoms with Gasteiger partial charge in [0.25, 0.3) is 0 Å². The summed E-state index contributed by atoms with van der Waals surface area (Å²) in [5.74, 6) is 0.149. The number of carbonyl (C=O) groups excluding carboxylic acids is 1. The molecular weight excluding hydrogens is 385 g/mol. The maximum atomic E-state index is 13.2. The lowest BCUT2D eigenvalue weighted by atomic mass is 10.1. The molecule has 0 fully saturated rings. The normalized spacial score (nSPS) is 11.8. The molecule has 0 aliphatic heterocycles. The number of aromatic nitrogens is 2. The topological polar surface area (TPSA) is 53.3 Å². The first-order chi connectivity index (χ1) is 13.7. The van der Waals surface area contributed by atoms with Gasteiger partial charge in [0, 0.05) is 10.9 Å². The third kappa shape index (κ3) is 4.70. The fraction of sp³-hybridized carbons (Fsp3) is 0.333. The lowest BCUT2D eigenvalue weighted by molar-refractivity contribution is -0.137. The third-order valence-electron chi connectivity index (χ3n) is 4.34. The molecule has 0 atom stereocenters. The van der Waals surface area contributed by atoms with E-state index in [1.807, 2.05) is 13.8 Å². The Kier molecular flexibility index (Phi) is 5.81. The number of benzene rings is 2. The monoisotopic (exact) mass is 406 g/mol. The molecule has 2 aromatic carbocycles. The maximum Gasteiger partial charge on any atom is 0.416 e. The highest BCUT2D eigenvalue weighted by atomic mass is 19.4. The number of fused-ring (bicyclic) bond motifs is 1. The van der Waals surface area contributed by atoms with Crippen LogP contribution in [0.5, 0.6) is 5.75 Å². The van der Waals surface area contributed by atoms with Crippen molar-refractivity contribution in [2.24, 2.45) is 5.92 Å². The summed E-state index contributed by atoms with van der Waals surface area (Å²) in [4.78, 5) is 11.7. The van der Waals surface area contributed by atoms with Crippen molar-refractivity contribution in [3.05, 3.63) is 59.3 Å². The van der Waals surface area contributed by atoms with Gasteiger partial charge in [-0.25, -0.2) is 4.79 Å². The van der Waals surface area contributed by atoms with E-state index in [4.69, 9.17) is 9.47 Å². The zero-order chi connectivity index (χ0) is 21.2. The SMILES string of the molecule is COC(=O)c1ccc2c(cnn2Cc2cc(C(F)(F)F)ccc2OCC(C)C)c1. The molecule has 1 aromatic heterocycles. The first-order valence-corrected chi connectivity index (χ1v) is 9.06. The van der Waals surface area contributed by atoms with Gasteiger partial charge in [-0.2, -0.15) is 18.3 Å². The van der Waals surface area contributed by atoms with Gasteiger partial charge >= 0.3 is 12.1 Å². The van der Waals surface area contributed by atoms with Gasteiger partial charge in [0.2, 0.25) is 0 Å². The minimum absolute atomic E-state index is 0.0957. The van der Waals surface area contributed by atoms with Crippen LogP contribution in [0.1, 0.15) is 35.3 Å². The number of carbonyl (C=O) groups is 1. The largest absolute Gasteiger partial charge is 0.493 e. The number of hydrogen-bond acceptors (Lipinski definition) is 4. The van der Waals surface area contributed by atoms with Gasteiger partial charge < -0.3 is 9.47 Å². The number of rotatable bonds is 6. The van der Waals surface area contributed by atoms with Gasteiger partial charge in [-0.3, -0.25) is 4.68 Å². The summed E-state index contributed by atoms with van der Waals surface area (Å²) in [6.45, 7) is 4.41. The van der Waals surface area contributed by atoms with Crippen molar-refractivity contribution in [3.63, 3.8) is 0 Å². The van der Waals surface area contributed by atoms with Crippen LogP contribution in [-0.2, 0) is 17.5 Å². The van der Waals surface area contributed by atoms with Gasteiger partial charge in [-0.15, -0.1) is 0 Å². The van der Waals surface area contributed by atoms with E-state index in [0.29, 0.717) is 34.4 Å². The van der Waals surface area contributed by atoms with Crippen LogP contribution in [0.25, 0.3) is 10.9 Å². The summed E-state index contributed by atoms with van der Waals surface area (Å²) in [5, 5.41) is 4.96. The van der Waals surface area contributed by atoms with E-state index in [0.717, 1.165) is 12.1 Å². The third-order valence-corrected chi connectivity index (χ3v) is 4.34. The van der Waals surface area contributed by atoms with E-state index in [1.54, 1.807) is 29.1 Å². The molecule has 5 nitrogen and oxygen atoms in total. The van der Waals surface area contributed by atoms with Gasteiger partial charge in [-0.05, 0) is 42.3 Å². The molecule has 0 aliphatic carbocycles. The fourth-order valence-electron chi connectivity index (χ4n) is 2.90. The summed E-state index contributed by atoms with van der Waals surface area (Å²) in [6, 6.07) is 8.37. The van der Waals surface area contributed by atoms with Gasteiger partial charge in [0.15, 0.2) is 0 Å². The van der Waals surface area contributed by atoms with Crippen molar-refractivity contribution >= 4 is 16.9 Å². The van der Waals surface area contributed by atoms with Crippen molar-refractivity contribution in [1.82, 2.24) is 9.78 Å². The molecule has 0 radical (unpaired) electrons. The Hall–Kier alpha value is -3.03. The molecule has 29 heavy (non-hydrogen) atoms. The molecule has 0 amide bonds. The quantitative estimate of drug-likeness (QED) is 0.545. The van der Waals surface area contributed by atoms with Crippen molar-refractivity contribution in [1.29, 1.82) is 0 Å². The smallest absolute Gasteiger partial charge is 0.416 e. The average molecular weight is 406 g/mol. The van der Waals surface area contributed by atoms with E-state index in [2.05, 4.69) is 5.10 Å². The predicted molar refractivity (Wildman–Crippen MR) is 102 cm³/mol. The molecule has 0 saturated heterocycles. The Morgan fingerprint density at radius 3 is 2.59 bits per heavy atom. The zero-order valence-electron chi connectivity index (χ0n) is 16.3. The number of halogens is 3. The van der Waals surface area contributed by atoms with E-state index < -0.39 is 17.7 Å². The second kappa shape index (κ2) is 8.14. The molecule has 0 N–H and O–H groups in total. The first-order valence-electron chi connectivity index (χ1n) is 9.06. The molecule has 8 heteroatoms. The molecule has 0 spiro atoms. The Morgan fingerprint density at radius 2 is 1.93 bits per heavy atom. The second-order valence-corrected chi connectivity index (χ2v) is 7.09. The summed E-state index contributed by atoms with van der Waals surface area (Å²) in [5.41, 5.74) is 0.695. The molecule has 0 saturated carbocycles. The van der Waals surface area contributed by atoms with Crippen LogP contribution in [0.2, 0.25) is 0 Å². The predicted octanol–water partition coefficient (Wildman–Crippen LogP) is 4.92. The van der Waals surface area contributed by atoms with Crippen LogP contribution < -0.4 is 4.74 Å². The van der Waals surface area contributed by atoms with Gasteiger partial charge in [0.05, 0.1) is 43.1 Å². The van der Waals surface area contributed by atoms with Crippen molar-refractivity contribution < 1.29 is 27.4 Å². The number of esters is 1. The highest BCUT2D eigenvalue weighted by Crippen LogP contribution is 2.33. The number of ether oxygens (including phenoxy) is 2. The first kappa shape index (κ1) is 20.7. The Labute approximate surface area is 166 Å².